The van der Waals surface area contributed by atoms with Crippen LogP contribution in [0.25, 0.3) is 33.3 Å². The van der Waals surface area contributed by atoms with Crippen LogP contribution in [0.15, 0.2) is 83.3 Å². The summed E-state index contributed by atoms with van der Waals surface area (Å²) in [6, 6.07) is 27.5. The fourth-order valence-corrected chi connectivity index (χ4v) is 5.44. The number of rotatable bonds is 4. The van der Waals surface area contributed by atoms with E-state index >= 15 is 0 Å². The molecule has 0 N–H and O–H groups in total. The lowest BCUT2D eigenvalue weighted by Crippen LogP contribution is -2.24. The van der Waals surface area contributed by atoms with Gasteiger partial charge in [0.1, 0.15) is 17.0 Å². The minimum Gasteiger partial charge on any atom is -0.490 e. The Morgan fingerprint density at radius 1 is 0.824 bits per heavy atom. The molecule has 0 radical (unpaired) electrons. The van der Waals surface area contributed by atoms with Gasteiger partial charge in [0, 0.05) is 16.3 Å². The van der Waals surface area contributed by atoms with Crippen molar-refractivity contribution in [2.45, 2.75) is 51.6 Å². The molecule has 3 heteroatoms. The molecule has 2 heterocycles. The van der Waals surface area contributed by atoms with Crippen LogP contribution in [0.5, 0.6) is 5.75 Å². The van der Waals surface area contributed by atoms with Gasteiger partial charge < -0.3 is 9.15 Å². The molecular formula is C31H29NO2. The molecule has 6 rings (SSSR count). The standard InChI is InChI=1S/C31H29NO2/c1-20-15-18-29(33-24-12-8-11-23(19-24)22-9-4-3-5-10-22)26-16-17-27(32-30(20)26)31-21(2)25-13-6-7-14-28(25)34-31/h3-7,9-10,13-18,23-24H,8,11-12,19H2,1-2H3. The van der Waals surface area contributed by atoms with Crippen LogP contribution >= 0.6 is 0 Å². The van der Waals surface area contributed by atoms with E-state index in [1.807, 2.05) is 18.2 Å². The summed E-state index contributed by atoms with van der Waals surface area (Å²) in [6.45, 7) is 4.21. The highest BCUT2D eigenvalue weighted by molar-refractivity contribution is 5.91. The van der Waals surface area contributed by atoms with Gasteiger partial charge in [-0.25, -0.2) is 4.98 Å². The van der Waals surface area contributed by atoms with Gasteiger partial charge in [-0.1, -0.05) is 54.6 Å². The molecule has 2 atom stereocenters. The van der Waals surface area contributed by atoms with E-state index in [-0.39, 0.29) is 6.10 Å². The Balaban J connectivity index is 1.32. The summed E-state index contributed by atoms with van der Waals surface area (Å²) in [6.07, 6.45) is 4.81. The van der Waals surface area contributed by atoms with Crippen LogP contribution in [-0.4, -0.2) is 11.1 Å². The number of fused-ring (bicyclic) bond motifs is 2. The molecule has 5 aromatic rings. The average molecular weight is 448 g/mol. The summed E-state index contributed by atoms with van der Waals surface area (Å²) >= 11 is 0. The normalized spacial score (nSPS) is 18.4. The average Bonchev–Trinajstić information content (AvgIpc) is 3.23. The molecule has 3 aromatic carbocycles. The molecule has 1 fully saturated rings. The van der Waals surface area contributed by atoms with Gasteiger partial charge in [-0.05, 0) is 80.8 Å². The number of hydrogen-bond acceptors (Lipinski definition) is 3. The largest absolute Gasteiger partial charge is 0.490 e. The molecule has 3 nitrogen and oxygen atoms in total. The van der Waals surface area contributed by atoms with E-state index in [9.17, 15) is 0 Å². The Hall–Kier alpha value is -3.59. The number of nitrogens with zero attached hydrogens (tertiary/aromatic N) is 1. The van der Waals surface area contributed by atoms with Crippen molar-refractivity contribution in [1.82, 2.24) is 4.98 Å². The van der Waals surface area contributed by atoms with Gasteiger partial charge in [0.2, 0.25) is 0 Å². The van der Waals surface area contributed by atoms with Crippen LogP contribution in [0.4, 0.5) is 0 Å². The zero-order valence-electron chi connectivity index (χ0n) is 19.8. The summed E-state index contributed by atoms with van der Waals surface area (Å²) in [5.74, 6) is 2.34. The fourth-order valence-electron chi connectivity index (χ4n) is 5.44. The van der Waals surface area contributed by atoms with Crippen molar-refractivity contribution in [3.05, 3.63) is 95.6 Å². The van der Waals surface area contributed by atoms with E-state index in [0.717, 1.165) is 63.0 Å². The molecule has 0 aliphatic heterocycles. The van der Waals surface area contributed by atoms with Crippen molar-refractivity contribution >= 4 is 21.9 Å². The van der Waals surface area contributed by atoms with Crippen LogP contribution in [0.1, 0.15) is 48.3 Å². The molecule has 0 saturated heterocycles. The number of para-hydroxylation sites is 1. The molecule has 1 aliphatic carbocycles. The number of benzene rings is 3. The molecule has 2 unspecified atom stereocenters. The lowest BCUT2D eigenvalue weighted by molar-refractivity contribution is 0.145. The van der Waals surface area contributed by atoms with Gasteiger partial charge in [0.25, 0.3) is 0 Å². The van der Waals surface area contributed by atoms with Gasteiger partial charge in [-0.15, -0.1) is 0 Å². The molecular weight excluding hydrogens is 418 g/mol. The minimum atomic E-state index is 0.224. The predicted molar refractivity (Wildman–Crippen MR) is 138 cm³/mol. The summed E-state index contributed by atoms with van der Waals surface area (Å²) in [5.41, 5.74) is 6.44. The first-order valence-electron chi connectivity index (χ1n) is 12.3. The third-order valence-corrected chi connectivity index (χ3v) is 7.29. The number of furan rings is 1. The second kappa shape index (κ2) is 8.64. The van der Waals surface area contributed by atoms with E-state index in [0.29, 0.717) is 5.92 Å². The van der Waals surface area contributed by atoms with E-state index in [1.54, 1.807) is 0 Å². The summed E-state index contributed by atoms with van der Waals surface area (Å²) in [7, 11) is 0. The van der Waals surface area contributed by atoms with Crippen molar-refractivity contribution in [1.29, 1.82) is 0 Å². The van der Waals surface area contributed by atoms with Gasteiger partial charge in [0.15, 0.2) is 5.76 Å². The van der Waals surface area contributed by atoms with E-state index in [4.69, 9.17) is 14.1 Å². The number of ether oxygens (including phenoxy) is 1. The molecule has 1 saturated carbocycles. The second-order valence-electron chi connectivity index (χ2n) is 9.54. The van der Waals surface area contributed by atoms with Gasteiger partial charge >= 0.3 is 0 Å². The Kier molecular flexibility index (Phi) is 5.33. The number of hydrogen-bond donors (Lipinski definition) is 0. The second-order valence-corrected chi connectivity index (χ2v) is 9.54. The maximum Gasteiger partial charge on any atom is 0.156 e. The van der Waals surface area contributed by atoms with E-state index < -0.39 is 0 Å². The van der Waals surface area contributed by atoms with Gasteiger partial charge in [0.05, 0.1) is 11.6 Å². The maximum atomic E-state index is 6.63. The van der Waals surface area contributed by atoms with Crippen molar-refractivity contribution in [2.24, 2.45) is 0 Å². The maximum absolute atomic E-state index is 6.63. The zero-order valence-corrected chi connectivity index (χ0v) is 19.8. The molecule has 2 aromatic heterocycles. The first-order chi connectivity index (χ1) is 16.7. The molecule has 34 heavy (non-hydrogen) atoms. The third kappa shape index (κ3) is 3.75. The lowest BCUT2D eigenvalue weighted by Gasteiger charge is -2.30. The molecule has 0 spiro atoms. The van der Waals surface area contributed by atoms with Crippen LogP contribution in [-0.2, 0) is 0 Å². The highest BCUT2D eigenvalue weighted by atomic mass is 16.5. The zero-order chi connectivity index (χ0) is 23.1. The summed E-state index contributed by atoms with van der Waals surface area (Å²) < 4.78 is 12.8. The van der Waals surface area contributed by atoms with Crippen molar-refractivity contribution in [3.8, 4) is 17.2 Å². The Morgan fingerprint density at radius 2 is 1.65 bits per heavy atom. The molecule has 170 valence electrons. The highest BCUT2D eigenvalue weighted by Gasteiger charge is 2.25. The monoisotopic (exact) mass is 447 g/mol. The Labute approximate surface area is 200 Å². The van der Waals surface area contributed by atoms with E-state index in [2.05, 4.69) is 74.5 Å². The van der Waals surface area contributed by atoms with Crippen LogP contribution in [0, 0.1) is 13.8 Å². The SMILES string of the molecule is Cc1c(-c2ccc3c(OC4CCCC(c5ccccc5)C4)ccc(C)c3n2)oc2ccccc12. The number of aryl methyl sites for hydroxylation is 2. The first-order valence-corrected chi connectivity index (χ1v) is 12.3. The molecule has 0 bridgehead atoms. The third-order valence-electron chi connectivity index (χ3n) is 7.29. The molecule has 1 aliphatic rings. The lowest BCUT2D eigenvalue weighted by atomic mass is 9.82. The predicted octanol–water partition coefficient (Wildman–Crippen LogP) is 8.37. The number of pyridine rings is 1. The highest BCUT2D eigenvalue weighted by Crippen LogP contribution is 2.38. The van der Waals surface area contributed by atoms with E-state index in [1.165, 1.54) is 18.4 Å². The van der Waals surface area contributed by atoms with Crippen LogP contribution in [0.3, 0.4) is 0 Å². The van der Waals surface area contributed by atoms with Crippen LogP contribution in [0.2, 0.25) is 0 Å². The van der Waals surface area contributed by atoms with Crippen LogP contribution < -0.4 is 4.74 Å². The quantitative estimate of drug-likeness (QED) is 0.277. The van der Waals surface area contributed by atoms with Gasteiger partial charge in [-0.2, -0.15) is 0 Å². The Morgan fingerprint density at radius 3 is 2.50 bits per heavy atom. The summed E-state index contributed by atoms with van der Waals surface area (Å²) in [5, 5.41) is 2.21. The van der Waals surface area contributed by atoms with Gasteiger partial charge in [-0.3, -0.25) is 0 Å². The number of aromatic nitrogens is 1. The van der Waals surface area contributed by atoms with Crippen molar-refractivity contribution in [2.75, 3.05) is 0 Å². The summed E-state index contributed by atoms with van der Waals surface area (Å²) in [4.78, 5) is 5.04. The van der Waals surface area contributed by atoms with Crippen molar-refractivity contribution < 1.29 is 9.15 Å². The molecule has 0 amide bonds. The van der Waals surface area contributed by atoms with Crippen molar-refractivity contribution in [3.63, 3.8) is 0 Å². The fraction of sp³-hybridized carbons (Fsp3) is 0.258. The minimum absolute atomic E-state index is 0.224. The Bertz CT molecular complexity index is 1470. The first kappa shape index (κ1) is 21.0. The smallest absolute Gasteiger partial charge is 0.156 e. The topological polar surface area (TPSA) is 35.3 Å².